The monoisotopic (exact) mass is 260 g/mol. The molecule has 0 aliphatic carbocycles. The average molecular weight is 260 g/mol. The Hall–Kier alpha value is -1.02. The molecule has 1 aliphatic heterocycles. The predicted molar refractivity (Wildman–Crippen MR) is 84.1 cm³/mol. The van der Waals surface area contributed by atoms with Gasteiger partial charge in [0.05, 0.1) is 0 Å². The second-order valence-electron chi connectivity index (χ2n) is 6.05. The Balaban J connectivity index is 2.01. The van der Waals surface area contributed by atoms with E-state index in [9.17, 15) is 0 Å². The van der Waals surface area contributed by atoms with E-state index in [0.29, 0.717) is 0 Å². The third-order valence-corrected chi connectivity index (χ3v) is 4.10. The van der Waals surface area contributed by atoms with Gasteiger partial charge >= 0.3 is 0 Å². The largest absolute Gasteiger partial charge is 0.371 e. The number of anilines is 1. The van der Waals surface area contributed by atoms with Gasteiger partial charge < -0.3 is 10.2 Å². The van der Waals surface area contributed by atoms with E-state index in [2.05, 4.69) is 50.0 Å². The Morgan fingerprint density at radius 3 is 2.53 bits per heavy atom. The van der Waals surface area contributed by atoms with Crippen molar-refractivity contribution in [2.75, 3.05) is 31.1 Å². The molecule has 1 unspecified atom stereocenters. The molecule has 2 rings (SSSR count). The van der Waals surface area contributed by atoms with Crippen LogP contribution in [0.2, 0.25) is 0 Å². The van der Waals surface area contributed by atoms with Crippen LogP contribution in [0.4, 0.5) is 5.69 Å². The van der Waals surface area contributed by atoms with Crippen LogP contribution in [0, 0.1) is 26.7 Å². The number of nitrogens with one attached hydrogen (secondary N) is 1. The Bertz CT molecular complexity index is 402. The summed E-state index contributed by atoms with van der Waals surface area (Å²) in [7, 11) is 0. The lowest BCUT2D eigenvalue weighted by Crippen LogP contribution is -2.27. The summed E-state index contributed by atoms with van der Waals surface area (Å²) in [5, 5.41) is 3.56. The summed E-state index contributed by atoms with van der Waals surface area (Å²) >= 11 is 0. The smallest absolute Gasteiger partial charge is 0.0425 e. The molecule has 0 aromatic heterocycles. The van der Waals surface area contributed by atoms with E-state index in [1.807, 2.05) is 0 Å². The Labute approximate surface area is 118 Å². The summed E-state index contributed by atoms with van der Waals surface area (Å²) in [6.07, 6.45) is 2.55. The molecular weight excluding hydrogens is 232 g/mol. The van der Waals surface area contributed by atoms with Crippen LogP contribution in [0.15, 0.2) is 12.1 Å². The molecule has 0 bridgehead atoms. The molecule has 19 heavy (non-hydrogen) atoms. The van der Waals surface area contributed by atoms with Crippen molar-refractivity contribution < 1.29 is 0 Å². The van der Waals surface area contributed by atoms with Gasteiger partial charge in [0, 0.05) is 18.8 Å². The van der Waals surface area contributed by atoms with Gasteiger partial charge in [-0.25, -0.2) is 0 Å². The van der Waals surface area contributed by atoms with Gasteiger partial charge in [-0.1, -0.05) is 24.6 Å². The molecule has 2 nitrogen and oxygen atoms in total. The first kappa shape index (κ1) is 14.4. The summed E-state index contributed by atoms with van der Waals surface area (Å²) in [6, 6.07) is 4.62. The normalized spacial score (nSPS) is 19.2. The minimum Gasteiger partial charge on any atom is -0.371 e. The zero-order valence-corrected chi connectivity index (χ0v) is 12.9. The number of benzene rings is 1. The van der Waals surface area contributed by atoms with Crippen molar-refractivity contribution >= 4 is 5.69 Å². The molecular formula is C17H28N2. The first-order chi connectivity index (χ1) is 9.11. The van der Waals surface area contributed by atoms with E-state index >= 15 is 0 Å². The van der Waals surface area contributed by atoms with Crippen LogP contribution in [0.5, 0.6) is 0 Å². The molecule has 1 fully saturated rings. The lowest BCUT2D eigenvalue weighted by Gasteiger charge is -2.24. The number of aryl methyl sites for hydroxylation is 3. The first-order valence-corrected chi connectivity index (χ1v) is 7.65. The maximum absolute atomic E-state index is 3.56. The fourth-order valence-corrected chi connectivity index (χ4v) is 3.36. The van der Waals surface area contributed by atoms with Crippen molar-refractivity contribution in [3.05, 3.63) is 28.8 Å². The molecule has 1 aliphatic rings. The zero-order chi connectivity index (χ0) is 13.8. The summed E-state index contributed by atoms with van der Waals surface area (Å²) in [5.74, 6) is 0.812. The summed E-state index contributed by atoms with van der Waals surface area (Å²) in [5.41, 5.74) is 5.71. The fourth-order valence-electron chi connectivity index (χ4n) is 3.36. The molecule has 2 heteroatoms. The molecule has 1 atom stereocenters. The van der Waals surface area contributed by atoms with E-state index in [4.69, 9.17) is 0 Å². The minimum atomic E-state index is 0.812. The van der Waals surface area contributed by atoms with Gasteiger partial charge in [0.15, 0.2) is 0 Å². The highest BCUT2D eigenvalue weighted by molar-refractivity contribution is 5.60. The van der Waals surface area contributed by atoms with Crippen LogP contribution >= 0.6 is 0 Å². The highest BCUT2D eigenvalue weighted by Crippen LogP contribution is 2.30. The lowest BCUT2D eigenvalue weighted by atomic mass is 10.0. The maximum atomic E-state index is 3.56. The van der Waals surface area contributed by atoms with Gasteiger partial charge in [0.25, 0.3) is 0 Å². The van der Waals surface area contributed by atoms with E-state index in [0.717, 1.165) is 12.5 Å². The van der Waals surface area contributed by atoms with E-state index < -0.39 is 0 Å². The van der Waals surface area contributed by atoms with Crippen LogP contribution in [-0.2, 0) is 0 Å². The van der Waals surface area contributed by atoms with Crippen LogP contribution in [0.3, 0.4) is 0 Å². The molecule has 1 N–H and O–H groups in total. The fraction of sp³-hybridized carbons (Fsp3) is 0.647. The van der Waals surface area contributed by atoms with Crippen molar-refractivity contribution in [3.63, 3.8) is 0 Å². The number of hydrogen-bond donors (Lipinski definition) is 1. The molecule has 0 spiro atoms. The van der Waals surface area contributed by atoms with Gasteiger partial charge in [-0.05, 0) is 63.7 Å². The van der Waals surface area contributed by atoms with Gasteiger partial charge in [-0.2, -0.15) is 0 Å². The second kappa shape index (κ2) is 6.42. The van der Waals surface area contributed by atoms with Crippen LogP contribution in [0.1, 0.15) is 36.5 Å². The number of nitrogens with zero attached hydrogens (tertiary/aromatic N) is 1. The Kier molecular flexibility index (Phi) is 4.87. The second-order valence-corrected chi connectivity index (χ2v) is 6.05. The highest BCUT2D eigenvalue weighted by atomic mass is 15.2. The number of rotatable bonds is 5. The molecule has 106 valence electrons. The summed E-state index contributed by atoms with van der Waals surface area (Å²) in [6.45, 7) is 13.7. The van der Waals surface area contributed by atoms with Crippen LogP contribution < -0.4 is 10.2 Å². The van der Waals surface area contributed by atoms with Crippen molar-refractivity contribution in [1.82, 2.24) is 5.32 Å². The molecule has 0 radical (unpaired) electrons. The zero-order valence-electron chi connectivity index (χ0n) is 12.9. The minimum absolute atomic E-state index is 0.812. The van der Waals surface area contributed by atoms with Gasteiger partial charge in [0.2, 0.25) is 0 Å². The number of hydrogen-bond acceptors (Lipinski definition) is 2. The summed E-state index contributed by atoms with van der Waals surface area (Å²) < 4.78 is 0. The molecule has 1 heterocycles. The molecule has 0 saturated carbocycles. The predicted octanol–water partition coefficient (Wildman–Crippen LogP) is 3.44. The van der Waals surface area contributed by atoms with E-state index in [-0.39, 0.29) is 0 Å². The van der Waals surface area contributed by atoms with E-state index in [1.54, 1.807) is 0 Å². The standard InChI is InChI=1S/C17H28N2/c1-5-7-18-11-16-6-8-19(12-16)17-14(3)9-13(2)10-15(17)4/h9-10,16,18H,5-8,11-12H2,1-4H3. The third-order valence-electron chi connectivity index (χ3n) is 4.10. The topological polar surface area (TPSA) is 15.3 Å². The quantitative estimate of drug-likeness (QED) is 0.816. The molecule has 1 aromatic rings. The van der Waals surface area contributed by atoms with Gasteiger partial charge in [0.1, 0.15) is 0 Å². The van der Waals surface area contributed by atoms with Crippen molar-refractivity contribution in [2.24, 2.45) is 5.92 Å². The summed E-state index contributed by atoms with van der Waals surface area (Å²) in [4.78, 5) is 2.59. The van der Waals surface area contributed by atoms with Crippen LogP contribution in [0.25, 0.3) is 0 Å². The van der Waals surface area contributed by atoms with Crippen LogP contribution in [-0.4, -0.2) is 26.2 Å². The third kappa shape index (κ3) is 3.50. The van der Waals surface area contributed by atoms with Crippen molar-refractivity contribution in [1.29, 1.82) is 0 Å². The molecule has 1 aromatic carbocycles. The lowest BCUT2D eigenvalue weighted by molar-refractivity contribution is 0.516. The Morgan fingerprint density at radius 2 is 1.89 bits per heavy atom. The van der Waals surface area contributed by atoms with Gasteiger partial charge in [-0.15, -0.1) is 0 Å². The van der Waals surface area contributed by atoms with Crippen molar-refractivity contribution in [3.8, 4) is 0 Å². The maximum Gasteiger partial charge on any atom is 0.0425 e. The SMILES string of the molecule is CCCNCC1CCN(c2c(C)cc(C)cc2C)C1. The highest BCUT2D eigenvalue weighted by Gasteiger charge is 2.24. The molecule has 0 amide bonds. The molecule has 1 saturated heterocycles. The van der Waals surface area contributed by atoms with Gasteiger partial charge in [-0.3, -0.25) is 0 Å². The van der Waals surface area contributed by atoms with Crippen molar-refractivity contribution in [2.45, 2.75) is 40.5 Å². The van der Waals surface area contributed by atoms with E-state index in [1.165, 1.54) is 54.9 Å². The average Bonchev–Trinajstić information content (AvgIpc) is 2.76. The Morgan fingerprint density at radius 1 is 1.21 bits per heavy atom. The first-order valence-electron chi connectivity index (χ1n) is 7.65.